The van der Waals surface area contributed by atoms with E-state index in [1.807, 2.05) is 24.3 Å². The van der Waals surface area contributed by atoms with Crippen molar-refractivity contribution >= 4 is 44.9 Å². The summed E-state index contributed by atoms with van der Waals surface area (Å²) >= 11 is 9.15. The van der Waals surface area contributed by atoms with E-state index in [2.05, 4.69) is 21.2 Å². The molecule has 2 N–H and O–H groups in total. The van der Waals surface area contributed by atoms with Crippen molar-refractivity contribution < 1.29 is 9.90 Å². The quantitative estimate of drug-likeness (QED) is 0.870. The van der Waals surface area contributed by atoms with Crippen molar-refractivity contribution in [3.63, 3.8) is 0 Å². The second kappa shape index (κ2) is 5.42. The SMILES string of the molecule is O=C(O)c1cc(Cl)ccc1Nc1cccc(Br)c1. The molecule has 3 nitrogen and oxygen atoms in total. The second-order valence-corrected chi connectivity index (χ2v) is 4.98. The lowest BCUT2D eigenvalue weighted by Crippen LogP contribution is -2.02. The van der Waals surface area contributed by atoms with Crippen molar-refractivity contribution in [1.82, 2.24) is 0 Å². The maximum absolute atomic E-state index is 11.1. The third-order valence-electron chi connectivity index (χ3n) is 2.32. The highest BCUT2D eigenvalue weighted by Gasteiger charge is 2.10. The van der Waals surface area contributed by atoms with Gasteiger partial charge in [0.2, 0.25) is 0 Å². The first kappa shape index (κ1) is 12.9. The summed E-state index contributed by atoms with van der Waals surface area (Å²) in [4.78, 5) is 11.1. The summed E-state index contributed by atoms with van der Waals surface area (Å²) in [5, 5.41) is 12.6. The molecule has 0 heterocycles. The molecule has 92 valence electrons. The van der Waals surface area contributed by atoms with Crippen LogP contribution in [0.2, 0.25) is 5.02 Å². The fourth-order valence-corrected chi connectivity index (χ4v) is 2.10. The van der Waals surface area contributed by atoms with E-state index in [0.29, 0.717) is 10.7 Å². The maximum atomic E-state index is 11.1. The third kappa shape index (κ3) is 3.03. The molecule has 0 saturated carbocycles. The van der Waals surface area contributed by atoms with Gasteiger partial charge in [-0.25, -0.2) is 4.79 Å². The molecule has 0 saturated heterocycles. The molecule has 0 amide bonds. The summed E-state index contributed by atoms with van der Waals surface area (Å²) in [7, 11) is 0. The molecule has 0 fully saturated rings. The van der Waals surface area contributed by atoms with Gasteiger partial charge < -0.3 is 10.4 Å². The van der Waals surface area contributed by atoms with Crippen molar-refractivity contribution in [1.29, 1.82) is 0 Å². The van der Waals surface area contributed by atoms with Gasteiger partial charge in [0.1, 0.15) is 0 Å². The summed E-state index contributed by atoms with van der Waals surface area (Å²) in [6, 6.07) is 12.2. The number of nitrogens with one attached hydrogen (secondary N) is 1. The monoisotopic (exact) mass is 325 g/mol. The molecule has 5 heteroatoms. The number of aromatic carboxylic acids is 1. The van der Waals surface area contributed by atoms with Gasteiger partial charge in [-0.3, -0.25) is 0 Å². The van der Waals surface area contributed by atoms with Gasteiger partial charge in [-0.05, 0) is 36.4 Å². The molecule has 2 aromatic carbocycles. The van der Waals surface area contributed by atoms with Gasteiger partial charge in [0.25, 0.3) is 0 Å². The van der Waals surface area contributed by atoms with Crippen LogP contribution in [0.4, 0.5) is 11.4 Å². The van der Waals surface area contributed by atoms with Gasteiger partial charge in [-0.1, -0.05) is 33.6 Å². The van der Waals surface area contributed by atoms with Crippen molar-refractivity contribution in [2.24, 2.45) is 0 Å². The molecule has 2 rings (SSSR count). The first-order valence-electron chi connectivity index (χ1n) is 5.12. The smallest absolute Gasteiger partial charge is 0.337 e. The Hall–Kier alpha value is -1.52. The van der Waals surface area contributed by atoms with E-state index >= 15 is 0 Å². The molecule has 0 spiro atoms. The van der Waals surface area contributed by atoms with E-state index in [0.717, 1.165) is 10.2 Å². The molecule has 0 aliphatic heterocycles. The highest BCUT2D eigenvalue weighted by atomic mass is 79.9. The highest BCUT2D eigenvalue weighted by molar-refractivity contribution is 9.10. The van der Waals surface area contributed by atoms with Crippen LogP contribution in [0, 0.1) is 0 Å². The van der Waals surface area contributed by atoms with E-state index in [4.69, 9.17) is 16.7 Å². The van der Waals surface area contributed by atoms with Crippen LogP contribution in [0.3, 0.4) is 0 Å². The molecule has 18 heavy (non-hydrogen) atoms. The van der Waals surface area contributed by atoms with Crippen LogP contribution in [-0.4, -0.2) is 11.1 Å². The summed E-state index contributed by atoms with van der Waals surface area (Å²) in [6.45, 7) is 0. The lowest BCUT2D eigenvalue weighted by atomic mass is 10.1. The summed E-state index contributed by atoms with van der Waals surface area (Å²) in [6.07, 6.45) is 0. The zero-order chi connectivity index (χ0) is 13.1. The zero-order valence-electron chi connectivity index (χ0n) is 9.15. The summed E-state index contributed by atoms with van der Waals surface area (Å²) < 4.78 is 0.915. The molecule has 2 aromatic rings. The Morgan fingerprint density at radius 3 is 2.67 bits per heavy atom. The van der Waals surface area contributed by atoms with Gasteiger partial charge in [0.05, 0.1) is 11.3 Å². The van der Waals surface area contributed by atoms with E-state index in [-0.39, 0.29) is 5.56 Å². The third-order valence-corrected chi connectivity index (χ3v) is 3.04. The van der Waals surface area contributed by atoms with E-state index in [1.165, 1.54) is 6.07 Å². The molecule has 0 aliphatic carbocycles. The van der Waals surface area contributed by atoms with Gasteiger partial charge in [0, 0.05) is 15.2 Å². The summed E-state index contributed by atoms with van der Waals surface area (Å²) in [5.41, 5.74) is 1.45. The van der Waals surface area contributed by atoms with E-state index < -0.39 is 5.97 Å². The maximum Gasteiger partial charge on any atom is 0.337 e. The number of anilines is 2. The predicted molar refractivity (Wildman–Crippen MR) is 75.8 cm³/mol. The van der Waals surface area contributed by atoms with E-state index in [1.54, 1.807) is 12.1 Å². The number of halogens is 2. The highest BCUT2D eigenvalue weighted by Crippen LogP contribution is 2.25. The average molecular weight is 327 g/mol. The number of benzene rings is 2. The Kier molecular flexibility index (Phi) is 3.89. The lowest BCUT2D eigenvalue weighted by molar-refractivity contribution is 0.0698. The van der Waals surface area contributed by atoms with Crippen LogP contribution >= 0.6 is 27.5 Å². The number of rotatable bonds is 3. The zero-order valence-corrected chi connectivity index (χ0v) is 11.5. The first-order valence-corrected chi connectivity index (χ1v) is 6.29. The number of carbonyl (C=O) groups is 1. The van der Waals surface area contributed by atoms with Crippen LogP contribution in [0.15, 0.2) is 46.9 Å². The number of carboxylic acid groups (broad SMARTS) is 1. The number of hydrogen-bond donors (Lipinski definition) is 2. The fourth-order valence-electron chi connectivity index (χ4n) is 1.52. The Labute approximate surface area is 118 Å². The van der Waals surface area contributed by atoms with Gasteiger partial charge in [0.15, 0.2) is 0 Å². The van der Waals surface area contributed by atoms with Crippen molar-refractivity contribution in [2.45, 2.75) is 0 Å². The molecule has 0 radical (unpaired) electrons. The van der Waals surface area contributed by atoms with Gasteiger partial charge in [-0.2, -0.15) is 0 Å². The largest absolute Gasteiger partial charge is 0.478 e. The van der Waals surface area contributed by atoms with Gasteiger partial charge in [-0.15, -0.1) is 0 Å². The predicted octanol–water partition coefficient (Wildman–Crippen LogP) is 4.54. The standard InChI is InChI=1S/C13H9BrClNO2/c14-8-2-1-3-10(6-8)16-12-5-4-9(15)7-11(12)13(17)18/h1-7,16H,(H,17,18). The lowest BCUT2D eigenvalue weighted by Gasteiger charge is -2.10. The topological polar surface area (TPSA) is 49.3 Å². The Morgan fingerprint density at radius 1 is 1.22 bits per heavy atom. The molecule has 0 bridgehead atoms. The Bertz CT molecular complexity index is 601. The minimum atomic E-state index is -1.02. The van der Waals surface area contributed by atoms with Crippen LogP contribution in [-0.2, 0) is 0 Å². The molecular formula is C13H9BrClNO2. The average Bonchev–Trinajstić information content (AvgIpc) is 2.31. The van der Waals surface area contributed by atoms with Crippen LogP contribution in [0.25, 0.3) is 0 Å². The van der Waals surface area contributed by atoms with Gasteiger partial charge >= 0.3 is 5.97 Å². The minimum absolute atomic E-state index is 0.141. The second-order valence-electron chi connectivity index (χ2n) is 3.63. The number of hydrogen-bond acceptors (Lipinski definition) is 2. The number of carboxylic acids is 1. The van der Waals surface area contributed by atoms with Crippen LogP contribution in [0.1, 0.15) is 10.4 Å². The Morgan fingerprint density at radius 2 is 2.00 bits per heavy atom. The van der Waals surface area contributed by atoms with Crippen molar-refractivity contribution in [3.05, 3.63) is 57.5 Å². The molecule has 0 aromatic heterocycles. The molecule has 0 unspecified atom stereocenters. The molecule has 0 aliphatic rings. The van der Waals surface area contributed by atoms with Crippen molar-refractivity contribution in [2.75, 3.05) is 5.32 Å². The minimum Gasteiger partial charge on any atom is -0.478 e. The van der Waals surface area contributed by atoms with Crippen LogP contribution in [0.5, 0.6) is 0 Å². The first-order chi connectivity index (χ1) is 8.56. The Balaban J connectivity index is 2.37. The molecule has 0 atom stereocenters. The molecular weight excluding hydrogens is 318 g/mol. The van der Waals surface area contributed by atoms with E-state index in [9.17, 15) is 4.79 Å². The normalized spacial score (nSPS) is 10.1. The van der Waals surface area contributed by atoms with Crippen molar-refractivity contribution in [3.8, 4) is 0 Å². The van der Waals surface area contributed by atoms with Crippen LogP contribution < -0.4 is 5.32 Å². The fraction of sp³-hybridized carbons (Fsp3) is 0. The summed E-state index contributed by atoms with van der Waals surface area (Å²) in [5.74, 6) is -1.02.